The molecule has 1 fully saturated rings. The zero-order valence-electron chi connectivity index (χ0n) is 12.7. The van der Waals surface area contributed by atoms with E-state index >= 15 is 0 Å². The quantitative estimate of drug-likeness (QED) is 0.916. The van der Waals surface area contributed by atoms with Gasteiger partial charge >= 0.3 is 0 Å². The Morgan fingerprint density at radius 1 is 1.45 bits per heavy atom. The molecule has 1 N–H and O–H groups in total. The minimum atomic E-state index is -0.231. The van der Waals surface area contributed by atoms with Crippen LogP contribution in [-0.4, -0.2) is 22.2 Å². The third-order valence-corrected chi connectivity index (χ3v) is 3.71. The molecule has 0 aromatic carbocycles. The molecular weight excluding hydrogens is 282 g/mol. The van der Waals surface area contributed by atoms with Crippen molar-refractivity contribution in [3.05, 3.63) is 35.9 Å². The van der Waals surface area contributed by atoms with Gasteiger partial charge in [0.25, 0.3) is 5.91 Å². The van der Waals surface area contributed by atoms with E-state index < -0.39 is 0 Å². The fourth-order valence-corrected chi connectivity index (χ4v) is 2.23. The fraction of sp³-hybridized carbons (Fsp3) is 0.438. The Labute approximate surface area is 128 Å². The largest absolute Gasteiger partial charge is 0.474 e. The number of carbonyl (C=O) groups excluding carboxylic acids is 1. The van der Waals surface area contributed by atoms with Crippen LogP contribution in [0.25, 0.3) is 0 Å². The molecule has 2 heterocycles. The van der Waals surface area contributed by atoms with E-state index in [1.807, 2.05) is 13.8 Å². The summed E-state index contributed by atoms with van der Waals surface area (Å²) in [5, 5.41) is 6.56. The molecule has 0 unspecified atom stereocenters. The van der Waals surface area contributed by atoms with Gasteiger partial charge in [-0.1, -0.05) is 19.0 Å². The molecule has 0 aliphatic heterocycles. The maximum atomic E-state index is 12.3. The predicted molar refractivity (Wildman–Crippen MR) is 81.0 cm³/mol. The second-order valence-electron chi connectivity index (χ2n) is 5.77. The summed E-state index contributed by atoms with van der Waals surface area (Å²) in [6, 6.07) is 3.32. The van der Waals surface area contributed by atoms with Crippen molar-refractivity contribution in [2.24, 2.45) is 0 Å². The third-order valence-electron chi connectivity index (χ3n) is 3.71. The Morgan fingerprint density at radius 2 is 2.27 bits per heavy atom. The van der Waals surface area contributed by atoms with E-state index in [2.05, 4.69) is 15.5 Å². The van der Waals surface area contributed by atoms with E-state index in [1.165, 1.54) is 12.6 Å². The van der Waals surface area contributed by atoms with E-state index in [0.717, 1.165) is 12.8 Å². The number of hydrogen-bond donors (Lipinski definition) is 1. The van der Waals surface area contributed by atoms with E-state index in [9.17, 15) is 4.79 Å². The summed E-state index contributed by atoms with van der Waals surface area (Å²) in [7, 11) is 0. The topological polar surface area (TPSA) is 77.3 Å². The summed E-state index contributed by atoms with van der Waals surface area (Å²) in [5.74, 6) is 1.07. The summed E-state index contributed by atoms with van der Waals surface area (Å²) in [6.07, 6.45) is 6.63. The van der Waals surface area contributed by atoms with Crippen molar-refractivity contribution >= 4 is 11.6 Å². The Morgan fingerprint density at radius 3 is 2.95 bits per heavy atom. The van der Waals surface area contributed by atoms with Gasteiger partial charge in [0.1, 0.15) is 11.8 Å². The van der Waals surface area contributed by atoms with Gasteiger partial charge in [-0.2, -0.15) is 0 Å². The number of rotatable bonds is 5. The number of aromatic nitrogens is 2. The van der Waals surface area contributed by atoms with Crippen molar-refractivity contribution in [1.82, 2.24) is 10.1 Å². The molecule has 1 saturated carbocycles. The number of anilines is 1. The first-order chi connectivity index (χ1) is 10.6. The highest BCUT2D eigenvalue weighted by Crippen LogP contribution is 2.26. The first-order valence-corrected chi connectivity index (χ1v) is 7.52. The molecule has 1 amide bonds. The number of nitrogens with one attached hydrogen (secondary N) is 1. The van der Waals surface area contributed by atoms with Gasteiger partial charge in [0, 0.05) is 23.7 Å². The van der Waals surface area contributed by atoms with Gasteiger partial charge in [-0.3, -0.25) is 4.79 Å². The van der Waals surface area contributed by atoms with Gasteiger partial charge < -0.3 is 14.6 Å². The van der Waals surface area contributed by atoms with Crippen molar-refractivity contribution in [2.45, 2.75) is 45.1 Å². The maximum absolute atomic E-state index is 12.3. The van der Waals surface area contributed by atoms with Crippen molar-refractivity contribution in [1.29, 1.82) is 0 Å². The summed E-state index contributed by atoms with van der Waals surface area (Å²) >= 11 is 0. The molecule has 6 nitrogen and oxygen atoms in total. The van der Waals surface area contributed by atoms with E-state index in [1.54, 1.807) is 18.3 Å². The molecule has 0 bridgehead atoms. The molecule has 22 heavy (non-hydrogen) atoms. The zero-order chi connectivity index (χ0) is 15.5. The van der Waals surface area contributed by atoms with Gasteiger partial charge in [-0.25, -0.2) is 4.98 Å². The molecule has 1 aliphatic rings. The summed E-state index contributed by atoms with van der Waals surface area (Å²) in [6.45, 7) is 3.96. The molecule has 0 spiro atoms. The van der Waals surface area contributed by atoms with Crippen molar-refractivity contribution < 1.29 is 14.1 Å². The first kappa shape index (κ1) is 14.6. The van der Waals surface area contributed by atoms with Crippen LogP contribution in [0.5, 0.6) is 5.88 Å². The monoisotopic (exact) mass is 301 g/mol. The Hall–Kier alpha value is -2.37. The molecule has 2 aromatic rings. The lowest BCUT2D eigenvalue weighted by Crippen LogP contribution is -2.25. The van der Waals surface area contributed by atoms with Crippen LogP contribution in [0.3, 0.4) is 0 Å². The number of amides is 1. The molecule has 0 saturated heterocycles. The fourth-order valence-electron chi connectivity index (χ4n) is 2.23. The van der Waals surface area contributed by atoms with Crippen LogP contribution in [0, 0.1) is 0 Å². The minimum absolute atomic E-state index is 0.146. The Balaban J connectivity index is 1.71. The summed E-state index contributed by atoms with van der Waals surface area (Å²) < 4.78 is 10.9. The lowest BCUT2D eigenvalue weighted by Gasteiger charge is -2.25. The summed E-state index contributed by atoms with van der Waals surface area (Å²) in [4.78, 5) is 16.5. The van der Waals surface area contributed by atoms with Gasteiger partial charge in [-0.05, 0) is 25.3 Å². The standard InChI is InChI=1S/C16H19N3O3/c1-10(2)15-13(9-18-22-15)19-16(20)11-6-7-17-14(8-11)21-12-4-3-5-12/h6-10,12H,3-5H2,1-2H3,(H,19,20). The minimum Gasteiger partial charge on any atom is -0.474 e. The van der Waals surface area contributed by atoms with Crippen LogP contribution in [-0.2, 0) is 0 Å². The number of pyridine rings is 1. The average Bonchev–Trinajstić information content (AvgIpc) is 2.91. The first-order valence-electron chi connectivity index (χ1n) is 7.52. The lowest BCUT2D eigenvalue weighted by atomic mass is 9.96. The van der Waals surface area contributed by atoms with Gasteiger partial charge in [0.15, 0.2) is 5.76 Å². The molecule has 0 radical (unpaired) electrons. The van der Waals surface area contributed by atoms with Gasteiger partial charge in [0.2, 0.25) is 5.88 Å². The predicted octanol–water partition coefficient (Wildman–Crippen LogP) is 3.38. The Bertz CT molecular complexity index is 662. The SMILES string of the molecule is CC(C)c1oncc1NC(=O)c1ccnc(OC2CCC2)c1. The van der Waals surface area contributed by atoms with Crippen LogP contribution < -0.4 is 10.1 Å². The highest BCUT2D eigenvalue weighted by Gasteiger charge is 2.20. The smallest absolute Gasteiger partial charge is 0.256 e. The van der Waals surface area contributed by atoms with Crippen molar-refractivity contribution in [2.75, 3.05) is 5.32 Å². The molecule has 2 aromatic heterocycles. The zero-order valence-corrected chi connectivity index (χ0v) is 12.7. The number of ether oxygens (including phenoxy) is 1. The second kappa shape index (κ2) is 6.17. The number of hydrogen-bond acceptors (Lipinski definition) is 5. The highest BCUT2D eigenvalue weighted by atomic mass is 16.5. The molecule has 0 atom stereocenters. The lowest BCUT2D eigenvalue weighted by molar-refractivity contribution is 0.101. The molecular formula is C16H19N3O3. The third kappa shape index (κ3) is 3.10. The van der Waals surface area contributed by atoms with Crippen molar-refractivity contribution in [3.63, 3.8) is 0 Å². The number of carbonyl (C=O) groups is 1. The highest BCUT2D eigenvalue weighted by molar-refractivity contribution is 6.04. The van der Waals surface area contributed by atoms with Crippen LogP contribution in [0.15, 0.2) is 29.0 Å². The van der Waals surface area contributed by atoms with Gasteiger partial charge in [0.05, 0.1) is 6.20 Å². The summed E-state index contributed by atoms with van der Waals surface area (Å²) in [5.41, 5.74) is 1.10. The molecule has 3 rings (SSSR count). The average molecular weight is 301 g/mol. The van der Waals surface area contributed by atoms with Crippen LogP contribution in [0.1, 0.15) is 55.1 Å². The Kier molecular flexibility index (Phi) is 4.09. The number of nitrogens with zero attached hydrogens (tertiary/aromatic N) is 2. The normalized spacial score (nSPS) is 14.7. The van der Waals surface area contributed by atoms with E-state index in [-0.39, 0.29) is 17.9 Å². The second-order valence-corrected chi connectivity index (χ2v) is 5.77. The van der Waals surface area contributed by atoms with E-state index in [4.69, 9.17) is 9.26 Å². The molecule has 6 heteroatoms. The maximum Gasteiger partial charge on any atom is 0.256 e. The van der Waals surface area contributed by atoms with E-state index in [0.29, 0.717) is 22.9 Å². The van der Waals surface area contributed by atoms with Crippen LogP contribution >= 0.6 is 0 Å². The van der Waals surface area contributed by atoms with Gasteiger partial charge in [-0.15, -0.1) is 0 Å². The van der Waals surface area contributed by atoms with Crippen LogP contribution in [0.2, 0.25) is 0 Å². The molecule has 1 aliphatic carbocycles. The van der Waals surface area contributed by atoms with Crippen molar-refractivity contribution in [3.8, 4) is 5.88 Å². The molecule has 116 valence electrons. The van der Waals surface area contributed by atoms with Crippen LogP contribution in [0.4, 0.5) is 5.69 Å².